The van der Waals surface area contributed by atoms with Crippen LogP contribution in [0.1, 0.15) is 0 Å². The molecule has 0 radical (unpaired) electrons. The molecule has 0 unspecified atom stereocenters. The van der Waals surface area contributed by atoms with Gasteiger partial charge in [0.2, 0.25) is 0 Å². The third-order valence-corrected chi connectivity index (χ3v) is 11.2. The normalized spacial score (nSPS) is 12.5. The Kier molecular flexibility index (Phi) is 4.77. The second kappa shape index (κ2) is 9.13. The first-order chi connectivity index (χ1) is 24.3. The highest BCUT2D eigenvalue weighted by molar-refractivity contribution is 6.37. The van der Waals surface area contributed by atoms with Gasteiger partial charge in [0.05, 0.1) is 0 Å². The minimum atomic E-state index is 1.15. The standard InChI is InChI=1S/C48H27N/c1-2-11-33(12-3-1)49(35-25-31-17-15-29-7-4-8-30-16-18-32(26-35)45(31)44(29)30)34-19-20-36-39-21-22-40-37-13-5-9-28-10-6-14-38(46(28)37)41-23-24-42(43(36)27-34)47(39)48(40)41/h1-27H. The van der Waals surface area contributed by atoms with Gasteiger partial charge in [0.15, 0.2) is 0 Å². The van der Waals surface area contributed by atoms with Gasteiger partial charge in [0.25, 0.3) is 0 Å². The van der Waals surface area contributed by atoms with Crippen LogP contribution in [0, 0.1) is 0 Å². The summed E-state index contributed by atoms with van der Waals surface area (Å²) in [6.45, 7) is 0. The number of nitrogens with zero attached hydrogens (tertiary/aromatic N) is 1. The van der Waals surface area contributed by atoms with Crippen molar-refractivity contribution in [3.63, 3.8) is 0 Å². The van der Waals surface area contributed by atoms with Gasteiger partial charge in [-0.05, 0) is 134 Å². The van der Waals surface area contributed by atoms with Crippen molar-refractivity contribution in [3.05, 3.63) is 164 Å². The van der Waals surface area contributed by atoms with Crippen LogP contribution in [0.5, 0.6) is 0 Å². The smallest absolute Gasteiger partial charge is 0.0473 e. The van der Waals surface area contributed by atoms with Crippen molar-refractivity contribution >= 4 is 92.5 Å². The Morgan fingerprint density at radius 2 is 0.776 bits per heavy atom. The lowest BCUT2D eigenvalue weighted by Crippen LogP contribution is -2.10. The zero-order chi connectivity index (χ0) is 31.8. The van der Waals surface area contributed by atoms with Crippen molar-refractivity contribution in [2.24, 2.45) is 0 Å². The first kappa shape index (κ1) is 25.6. The van der Waals surface area contributed by atoms with E-state index in [1.807, 2.05) is 0 Å². The number of hydrogen-bond acceptors (Lipinski definition) is 1. The molecule has 0 heterocycles. The molecule has 0 saturated carbocycles. The maximum absolute atomic E-state index is 2.43. The summed E-state index contributed by atoms with van der Waals surface area (Å²) in [7, 11) is 0. The molecule has 0 atom stereocenters. The van der Waals surface area contributed by atoms with Gasteiger partial charge < -0.3 is 4.90 Å². The van der Waals surface area contributed by atoms with E-state index in [9.17, 15) is 0 Å². The number of anilines is 3. The van der Waals surface area contributed by atoms with E-state index in [0.29, 0.717) is 0 Å². The van der Waals surface area contributed by atoms with E-state index in [4.69, 9.17) is 0 Å². The van der Waals surface area contributed by atoms with Gasteiger partial charge in [-0.15, -0.1) is 0 Å². The van der Waals surface area contributed by atoms with Gasteiger partial charge in [-0.25, -0.2) is 0 Å². The fraction of sp³-hybridized carbons (Fsp3) is 0. The summed E-state index contributed by atoms with van der Waals surface area (Å²) in [5.41, 5.74) is 8.72. The van der Waals surface area contributed by atoms with E-state index in [-0.39, 0.29) is 0 Å². The average molecular weight is 618 g/mol. The number of hydrogen-bond donors (Lipinski definition) is 0. The predicted octanol–water partition coefficient (Wildman–Crippen LogP) is 13.8. The summed E-state index contributed by atoms with van der Waals surface area (Å²) in [6, 6.07) is 61.3. The Balaban J connectivity index is 1.10. The number of rotatable bonds is 3. The number of benzene rings is 11. The molecule has 12 rings (SSSR count). The summed E-state index contributed by atoms with van der Waals surface area (Å²) in [5.74, 6) is 0. The van der Waals surface area contributed by atoms with Crippen molar-refractivity contribution in [2.75, 3.05) is 4.90 Å². The van der Waals surface area contributed by atoms with Crippen LogP contribution in [0.3, 0.4) is 0 Å². The summed E-state index contributed by atoms with van der Waals surface area (Å²) >= 11 is 0. The third kappa shape index (κ3) is 3.29. The quantitative estimate of drug-likeness (QED) is 0.141. The highest BCUT2D eigenvalue weighted by Crippen LogP contribution is 2.53. The average Bonchev–Trinajstić information content (AvgIpc) is 3.48. The van der Waals surface area contributed by atoms with Gasteiger partial charge in [-0.2, -0.15) is 0 Å². The van der Waals surface area contributed by atoms with Crippen LogP contribution in [-0.2, 0) is 0 Å². The number of fused-ring (bicyclic) bond motifs is 5. The fourth-order valence-corrected chi connectivity index (χ4v) is 9.20. The molecule has 1 nitrogen and oxygen atoms in total. The zero-order valence-electron chi connectivity index (χ0n) is 26.5. The summed E-state index contributed by atoms with van der Waals surface area (Å²) < 4.78 is 0. The molecule has 49 heavy (non-hydrogen) atoms. The zero-order valence-corrected chi connectivity index (χ0v) is 26.5. The van der Waals surface area contributed by atoms with Crippen molar-refractivity contribution in [1.29, 1.82) is 0 Å². The van der Waals surface area contributed by atoms with Crippen molar-refractivity contribution < 1.29 is 0 Å². The molecule has 0 fully saturated rings. The minimum Gasteiger partial charge on any atom is -0.310 e. The Morgan fingerprint density at radius 3 is 1.45 bits per heavy atom. The molecule has 0 N–H and O–H groups in total. The first-order valence-corrected chi connectivity index (χ1v) is 17.1. The maximum atomic E-state index is 2.43. The monoisotopic (exact) mass is 617 g/mol. The highest BCUT2D eigenvalue weighted by atomic mass is 15.1. The van der Waals surface area contributed by atoms with Crippen LogP contribution in [0.15, 0.2) is 164 Å². The van der Waals surface area contributed by atoms with Crippen LogP contribution >= 0.6 is 0 Å². The lowest BCUT2D eigenvalue weighted by Gasteiger charge is -2.27. The van der Waals surface area contributed by atoms with E-state index in [2.05, 4.69) is 169 Å². The Hall–Kier alpha value is -6.44. The Morgan fingerprint density at radius 1 is 0.245 bits per heavy atom. The van der Waals surface area contributed by atoms with Gasteiger partial charge in [-0.3, -0.25) is 0 Å². The fourth-order valence-electron chi connectivity index (χ4n) is 9.20. The largest absolute Gasteiger partial charge is 0.310 e. The van der Waals surface area contributed by atoms with Gasteiger partial charge >= 0.3 is 0 Å². The van der Waals surface area contributed by atoms with E-state index in [1.54, 1.807) is 0 Å². The van der Waals surface area contributed by atoms with E-state index in [0.717, 1.165) is 17.1 Å². The van der Waals surface area contributed by atoms with Crippen molar-refractivity contribution in [1.82, 2.24) is 0 Å². The molecule has 0 amide bonds. The molecule has 0 spiro atoms. The molecule has 224 valence electrons. The van der Waals surface area contributed by atoms with Gasteiger partial charge in [0, 0.05) is 17.1 Å². The molecular weight excluding hydrogens is 591 g/mol. The van der Waals surface area contributed by atoms with E-state index in [1.165, 1.54) is 97.7 Å². The molecule has 0 aliphatic heterocycles. The Bertz CT molecular complexity index is 3040. The molecule has 1 heteroatoms. The molecule has 0 bridgehead atoms. The summed E-state index contributed by atoms with van der Waals surface area (Å²) in [6.07, 6.45) is 0. The summed E-state index contributed by atoms with van der Waals surface area (Å²) in [4.78, 5) is 2.43. The van der Waals surface area contributed by atoms with Crippen molar-refractivity contribution in [2.45, 2.75) is 0 Å². The second-order valence-corrected chi connectivity index (χ2v) is 13.7. The minimum absolute atomic E-state index is 1.15. The highest BCUT2D eigenvalue weighted by Gasteiger charge is 2.26. The van der Waals surface area contributed by atoms with E-state index < -0.39 is 0 Å². The topological polar surface area (TPSA) is 3.24 Å². The molecular formula is C48H27N. The lowest BCUT2D eigenvalue weighted by molar-refractivity contribution is 1.29. The lowest BCUT2D eigenvalue weighted by atomic mass is 9.88. The van der Waals surface area contributed by atoms with E-state index >= 15 is 0 Å². The molecule has 0 aromatic heterocycles. The van der Waals surface area contributed by atoms with Crippen LogP contribution < -0.4 is 4.90 Å². The molecule has 11 aromatic carbocycles. The first-order valence-electron chi connectivity index (χ1n) is 17.1. The molecule has 1 aliphatic carbocycles. The van der Waals surface area contributed by atoms with Crippen molar-refractivity contribution in [3.8, 4) is 22.3 Å². The van der Waals surface area contributed by atoms with Crippen LogP contribution in [0.25, 0.3) is 97.7 Å². The molecule has 1 aliphatic rings. The maximum Gasteiger partial charge on any atom is 0.0473 e. The third-order valence-electron chi connectivity index (χ3n) is 11.2. The second-order valence-electron chi connectivity index (χ2n) is 13.7. The van der Waals surface area contributed by atoms with Gasteiger partial charge in [-0.1, -0.05) is 127 Å². The van der Waals surface area contributed by atoms with Gasteiger partial charge in [0.1, 0.15) is 0 Å². The molecule has 0 saturated heterocycles. The van der Waals surface area contributed by atoms with Crippen LogP contribution in [-0.4, -0.2) is 0 Å². The molecule has 11 aromatic rings. The Labute approximate surface area is 282 Å². The number of para-hydroxylation sites is 1. The van der Waals surface area contributed by atoms with Crippen LogP contribution in [0.2, 0.25) is 0 Å². The summed E-state index contributed by atoms with van der Waals surface area (Å²) in [5, 5.41) is 18.6. The predicted molar refractivity (Wildman–Crippen MR) is 210 cm³/mol. The SMILES string of the molecule is c1ccc(N(c2ccc3c(c2)-c2ccc4c5cccc6cccc(c7ccc-3c2c74)c65)c2cc3ccc4cccc5ccc(c2)c3c45)cc1. The van der Waals surface area contributed by atoms with Crippen LogP contribution in [0.4, 0.5) is 17.1 Å².